The number of anilines is 1. The van der Waals surface area contributed by atoms with Gasteiger partial charge in [-0.2, -0.15) is 5.10 Å². The van der Waals surface area contributed by atoms with Crippen LogP contribution in [0.2, 0.25) is 5.02 Å². The molecule has 192 valence electrons. The van der Waals surface area contributed by atoms with E-state index in [1.165, 1.54) is 11.8 Å². The molecule has 0 saturated heterocycles. The number of halogens is 1. The van der Waals surface area contributed by atoms with Crippen molar-refractivity contribution >= 4 is 41.2 Å². The average Bonchev–Trinajstić information content (AvgIpc) is 2.88. The van der Waals surface area contributed by atoms with Crippen LogP contribution < -0.4 is 20.8 Å². The zero-order chi connectivity index (χ0) is 26.8. The van der Waals surface area contributed by atoms with Gasteiger partial charge in [0.1, 0.15) is 5.75 Å². The fraction of sp³-hybridized carbons (Fsp3) is 0.214. The molecule has 0 spiro atoms. The molecule has 0 saturated carbocycles. The summed E-state index contributed by atoms with van der Waals surface area (Å²) in [5.41, 5.74) is 6.60. The minimum atomic E-state index is -0.888. The van der Waals surface area contributed by atoms with Crippen molar-refractivity contribution < 1.29 is 19.1 Å². The van der Waals surface area contributed by atoms with E-state index in [1.807, 2.05) is 55.5 Å². The van der Waals surface area contributed by atoms with E-state index in [-0.39, 0.29) is 24.1 Å². The molecule has 3 N–H and O–H groups in total. The van der Waals surface area contributed by atoms with Crippen LogP contribution in [0.3, 0.4) is 0 Å². The highest BCUT2D eigenvalue weighted by Crippen LogP contribution is 2.25. The molecule has 0 unspecified atom stereocenters. The van der Waals surface area contributed by atoms with Gasteiger partial charge in [0.2, 0.25) is 0 Å². The first-order valence-electron chi connectivity index (χ1n) is 11.7. The number of hydrazone groups is 1. The van der Waals surface area contributed by atoms with Crippen LogP contribution in [0, 0.1) is 6.92 Å². The maximum Gasteiger partial charge on any atom is 0.329 e. The van der Waals surface area contributed by atoms with Crippen LogP contribution in [-0.2, 0) is 20.9 Å². The van der Waals surface area contributed by atoms with E-state index in [4.69, 9.17) is 16.3 Å². The first-order valence-corrected chi connectivity index (χ1v) is 12.1. The molecule has 3 aromatic rings. The lowest BCUT2D eigenvalue weighted by molar-refractivity contribution is -0.139. The Morgan fingerprint density at radius 1 is 0.973 bits per heavy atom. The Balaban J connectivity index is 1.43. The highest BCUT2D eigenvalue weighted by atomic mass is 35.5. The van der Waals surface area contributed by atoms with Crippen LogP contribution >= 0.6 is 11.6 Å². The third-order valence-electron chi connectivity index (χ3n) is 5.34. The van der Waals surface area contributed by atoms with Crippen molar-refractivity contribution in [3.05, 3.63) is 94.0 Å². The Labute approximate surface area is 221 Å². The Bertz CT molecular complexity index is 1270. The molecular formula is C28H29ClN4O4. The SMILES string of the molecule is Cc1ccc(NC(=O)COc2ccc(/C=N\NC(=O)C(=O)NCc3ccc(C(C)C)cc3)cc2Cl)cc1. The number of rotatable bonds is 9. The van der Waals surface area contributed by atoms with Crippen molar-refractivity contribution in [3.8, 4) is 5.75 Å². The van der Waals surface area contributed by atoms with Gasteiger partial charge in [-0.1, -0.05) is 67.4 Å². The summed E-state index contributed by atoms with van der Waals surface area (Å²) < 4.78 is 5.49. The Morgan fingerprint density at radius 3 is 2.32 bits per heavy atom. The van der Waals surface area contributed by atoms with Crippen molar-refractivity contribution in [1.29, 1.82) is 0 Å². The predicted octanol–water partition coefficient (Wildman–Crippen LogP) is 4.56. The smallest absolute Gasteiger partial charge is 0.329 e. The molecule has 0 bridgehead atoms. The molecule has 0 atom stereocenters. The molecule has 0 aromatic heterocycles. The van der Waals surface area contributed by atoms with E-state index in [0.29, 0.717) is 22.9 Å². The van der Waals surface area contributed by atoms with Gasteiger partial charge in [0.05, 0.1) is 11.2 Å². The van der Waals surface area contributed by atoms with E-state index in [9.17, 15) is 14.4 Å². The first kappa shape index (κ1) is 27.4. The molecule has 37 heavy (non-hydrogen) atoms. The minimum absolute atomic E-state index is 0.214. The van der Waals surface area contributed by atoms with Gasteiger partial charge in [0, 0.05) is 12.2 Å². The van der Waals surface area contributed by atoms with Gasteiger partial charge in [-0.3, -0.25) is 14.4 Å². The first-order chi connectivity index (χ1) is 17.7. The van der Waals surface area contributed by atoms with Crippen molar-refractivity contribution in [2.45, 2.75) is 33.2 Å². The molecule has 3 aromatic carbocycles. The average molecular weight is 521 g/mol. The molecule has 0 fully saturated rings. The van der Waals surface area contributed by atoms with Crippen LogP contribution in [0.25, 0.3) is 0 Å². The number of benzene rings is 3. The van der Waals surface area contributed by atoms with Crippen LogP contribution in [0.5, 0.6) is 5.75 Å². The Morgan fingerprint density at radius 2 is 1.68 bits per heavy atom. The summed E-state index contributed by atoms with van der Waals surface area (Å²) in [5, 5.41) is 9.36. The van der Waals surface area contributed by atoms with Gasteiger partial charge >= 0.3 is 11.8 Å². The van der Waals surface area contributed by atoms with Crippen LogP contribution in [-0.4, -0.2) is 30.5 Å². The quantitative estimate of drug-likeness (QED) is 0.218. The van der Waals surface area contributed by atoms with Crippen molar-refractivity contribution in [3.63, 3.8) is 0 Å². The summed E-state index contributed by atoms with van der Waals surface area (Å²) in [4.78, 5) is 36.1. The van der Waals surface area contributed by atoms with Gasteiger partial charge in [0.15, 0.2) is 6.61 Å². The van der Waals surface area contributed by atoms with E-state index in [0.717, 1.165) is 11.1 Å². The molecule has 8 nitrogen and oxygen atoms in total. The summed E-state index contributed by atoms with van der Waals surface area (Å²) in [6.45, 7) is 6.19. The normalized spacial score (nSPS) is 10.8. The van der Waals surface area contributed by atoms with Crippen molar-refractivity contribution in [2.24, 2.45) is 5.10 Å². The van der Waals surface area contributed by atoms with Crippen LogP contribution in [0.4, 0.5) is 5.69 Å². The third-order valence-corrected chi connectivity index (χ3v) is 5.63. The topological polar surface area (TPSA) is 109 Å². The molecule has 9 heteroatoms. The number of nitrogens with one attached hydrogen (secondary N) is 3. The Hall–Kier alpha value is -4.17. The summed E-state index contributed by atoms with van der Waals surface area (Å²) in [7, 11) is 0. The van der Waals surface area contributed by atoms with Crippen molar-refractivity contribution in [2.75, 3.05) is 11.9 Å². The van der Waals surface area contributed by atoms with E-state index in [1.54, 1.807) is 18.2 Å². The summed E-state index contributed by atoms with van der Waals surface area (Å²) in [6, 6.07) is 20.0. The number of carbonyl (C=O) groups excluding carboxylic acids is 3. The minimum Gasteiger partial charge on any atom is -0.482 e. The van der Waals surface area contributed by atoms with Gasteiger partial charge < -0.3 is 15.4 Å². The molecular weight excluding hydrogens is 492 g/mol. The second-order valence-corrected chi connectivity index (χ2v) is 9.08. The lowest BCUT2D eigenvalue weighted by Crippen LogP contribution is -2.37. The number of nitrogens with zero attached hydrogens (tertiary/aromatic N) is 1. The van der Waals surface area contributed by atoms with Gasteiger partial charge in [-0.05, 0) is 59.9 Å². The van der Waals surface area contributed by atoms with Crippen molar-refractivity contribution in [1.82, 2.24) is 10.7 Å². The lowest BCUT2D eigenvalue weighted by atomic mass is 10.0. The van der Waals surface area contributed by atoms with Gasteiger partial charge in [-0.15, -0.1) is 0 Å². The molecule has 0 aliphatic heterocycles. The van der Waals surface area contributed by atoms with Gasteiger partial charge in [-0.25, -0.2) is 5.43 Å². The summed E-state index contributed by atoms with van der Waals surface area (Å²) in [6.07, 6.45) is 1.34. The number of hydrogen-bond donors (Lipinski definition) is 3. The maximum atomic E-state index is 12.1. The van der Waals surface area contributed by atoms with E-state index < -0.39 is 11.8 Å². The maximum absolute atomic E-state index is 12.1. The number of hydrogen-bond acceptors (Lipinski definition) is 5. The second-order valence-electron chi connectivity index (χ2n) is 8.67. The Kier molecular flexibility index (Phi) is 9.80. The molecule has 0 aliphatic rings. The lowest BCUT2D eigenvalue weighted by Gasteiger charge is -2.09. The number of ether oxygens (including phenoxy) is 1. The zero-order valence-electron chi connectivity index (χ0n) is 20.9. The zero-order valence-corrected chi connectivity index (χ0v) is 21.6. The predicted molar refractivity (Wildman–Crippen MR) is 145 cm³/mol. The summed E-state index contributed by atoms with van der Waals surface area (Å²) in [5.74, 6) is -1.26. The number of aryl methyl sites for hydroxylation is 1. The standard InChI is InChI=1S/C28H29ClN4O4/c1-18(2)22-9-6-20(7-10-22)15-30-27(35)28(36)33-31-16-21-8-13-25(24(29)14-21)37-17-26(34)32-23-11-4-19(3)5-12-23/h4-14,16,18H,15,17H2,1-3H3,(H,30,35)(H,32,34)(H,33,36)/b31-16-. The number of amides is 3. The highest BCUT2D eigenvalue weighted by molar-refractivity contribution is 6.35. The molecule has 0 heterocycles. The fourth-order valence-corrected chi connectivity index (χ4v) is 3.43. The van der Waals surface area contributed by atoms with E-state index in [2.05, 4.69) is 35.0 Å². The third kappa shape index (κ3) is 8.77. The van der Waals surface area contributed by atoms with E-state index >= 15 is 0 Å². The molecule has 3 amide bonds. The molecule has 0 radical (unpaired) electrons. The van der Waals surface area contributed by atoms with Crippen LogP contribution in [0.15, 0.2) is 71.8 Å². The number of carbonyl (C=O) groups is 3. The largest absolute Gasteiger partial charge is 0.482 e. The highest BCUT2D eigenvalue weighted by Gasteiger charge is 2.12. The molecule has 0 aliphatic carbocycles. The fourth-order valence-electron chi connectivity index (χ4n) is 3.19. The molecule has 3 rings (SSSR count). The van der Waals surface area contributed by atoms with Crippen LogP contribution in [0.1, 0.15) is 42.0 Å². The second kappa shape index (κ2) is 13.2. The summed E-state index contributed by atoms with van der Waals surface area (Å²) >= 11 is 6.24. The monoisotopic (exact) mass is 520 g/mol. The van der Waals surface area contributed by atoms with Gasteiger partial charge in [0.25, 0.3) is 5.91 Å².